The fraction of sp³-hybridized carbons (Fsp3) is 1.00. The Morgan fingerprint density at radius 2 is 1.17 bits per heavy atom. The second kappa shape index (κ2) is 8.82. The van der Waals surface area contributed by atoms with Gasteiger partial charge in [0, 0.05) is 41.3 Å². The van der Waals surface area contributed by atoms with E-state index in [0.29, 0.717) is 0 Å². The van der Waals surface area contributed by atoms with Crippen LogP contribution >= 0.6 is 0 Å². The van der Waals surface area contributed by atoms with Crippen LogP contribution in [0.25, 0.3) is 0 Å². The Labute approximate surface area is 113 Å². The highest BCUT2D eigenvalue weighted by atomic mass is 16.3. The van der Waals surface area contributed by atoms with Crippen molar-refractivity contribution in [3.05, 3.63) is 0 Å². The van der Waals surface area contributed by atoms with Crippen molar-refractivity contribution in [3.63, 3.8) is 0 Å². The third-order valence-electron chi connectivity index (χ3n) is 2.98. The highest BCUT2D eigenvalue weighted by molar-refractivity contribution is 4.73. The highest BCUT2D eigenvalue weighted by Crippen LogP contribution is 2.14. The fourth-order valence-electron chi connectivity index (χ4n) is 2.25. The van der Waals surface area contributed by atoms with Crippen LogP contribution in [0.15, 0.2) is 0 Å². The number of aliphatic hydroxyl groups excluding tert-OH is 1. The molecule has 1 N–H and O–H groups in total. The van der Waals surface area contributed by atoms with Gasteiger partial charge in [-0.15, -0.1) is 0 Å². The minimum atomic E-state index is -0.409. The molecule has 1 atom stereocenters. The van der Waals surface area contributed by atoms with Crippen LogP contribution in [0.5, 0.6) is 0 Å². The van der Waals surface area contributed by atoms with Crippen LogP contribution in [-0.4, -0.2) is 78.7 Å². The van der Waals surface area contributed by atoms with Crippen molar-refractivity contribution >= 4 is 0 Å². The second-order valence-corrected chi connectivity index (χ2v) is 5.17. The monoisotopic (exact) mass is 260 g/mol. The lowest BCUT2D eigenvalue weighted by Gasteiger charge is -2.46. The molecule has 0 radical (unpaired) electrons. The summed E-state index contributed by atoms with van der Waals surface area (Å²) in [6.07, 6.45) is 1.70. The average molecular weight is 260 g/mol. The third-order valence-corrected chi connectivity index (χ3v) is 2.98. The maximum atomic E-state index is 10.2. The summed E-state index contributed by atoms with van der Waals surface area (Å²) >= 11 is 0. The zero-order chi connectivity index (χ0) is 14.3. The molecule has 5 heteroatoms. The predicted molar refractivity (Wildman–Crippen MR) is 76.8 cm³/mol. The maximum absolute atomic E-state index is 10.2. The first-order chi connectivity index (χ1) is 8.36. The summed E-state index contributed by atoms with van der Waals surface area (Å²) < 4.78 is 0. The van der Waals surface area contributed by atoms with Crippen LogP contribution in [0.3, 0.4) is 0 Å². The van der Waals surface area contributed by atoms with E-state index in [9.17, 15) is 5.11 Å². The zero-order valence-electron chi connectivity index (χ0n) is 13.2. The molecular weight excluding hydrogens is 228 g/mol. The van der Waals surface area contributed by atoms with Gasteiger partial charge in [0.25, 0.3) is 0 Å². The van der Waals surface area contributed by atoms with E-state index in [-0.39, 0.29) is 6.17 Å². The Bertz CT molecular complexity index is 191. The molecule has 0 aliphatic heterocycles. The van der Waals surface area contributed by atoms with Gasteiger partial charge in [-0.25, -0.2) is 20.0 Å². The Morgan fingerprint density at radius 3 is 1.33 bits per heavy atom. The molecule has 0 aliphatic rings. The molecule has 0 saturated carbocycles. The first kappa shape index (κ1) is 17.8. The molecule has 0 rings (SSSR count). The molecule has 0 aromatic rings. The van der Waals surface area contributed by atoms with Crippen molar-refractivity contribution in [1.82, 2.24) is 20.0 Å². The summed E-state index contributed by atoms with van der Waals surface area (Å²) in [5.41, 5.74) is 0. The molecule has 110 valence electrons. The van der Waals surface area contributed by atoms with Gasteiger partial charge in [-0.2, -0.15) is 0 Å². The number of nitrogens with zero attached hydrogens (tertiary/aromatic N) is 4. The summed E-state index contributed by atoms with van der Waals surface area (Å²) in [5.74, 6) is 0. The van der Waals surface area contributed by atoms with Gasteiger partial charge in [-0.3, -0.25) is 0 Å². The van der Waals surface area contributed by atoms with Crippen molar-refractivity contribution < 1.29 is 5.11 Å². The van der Waals surface area contributed by atoms with Crippen LogP contribution in [0.2, 0.25) is 0 Å². The number of aliphatic hydroxyl groups is 1. The molecule has 0 heterocycles. The van der Waals surface area contributed by atoms with Crippen LogP contribution in [0.4, 0.5) is 0 Å². The molecule has 0 aromatic heterocycles. The van der Waals surface area contributed by atoms with E-state index in [0.717, 1.165) is 25.9 Å². The summed E-state index contributed by atoms with van der Waals surface area (Å²) in [5, 5.41) is 18.8. The van der Waals surface area contributed by atoms with Gasteiger partial charge in [-0.1, -0.05) is 13.8 Å². The van der Waals surface area contributed by atoms with E-state index in [1.807, 2.05) is 35.1 Å². The zero-order valence-corrected chi connectivity index (χ0v) is 13.2. The van der Waals surface area contributed by atoms with Crippen molar-refractivity contribution in [3.8, 4) is 0 Å². The van der Waals surface area contributed by atoms with Gasteiger partial charge in [0.05, 0.1) is 6.10 Å². The Hall–Kier alpha value is -0.200. The van der Waals surface area contributed by atoms with Gasteiger partial charge in [0.15, 0.2) is 0 Å². The van der Waals surface area contributed by atoms with Crippen molar-refractivity contribution in [2.24, 2.45) is 0 Å². The molecule has 0 amide bonds. The van der Waals surface area contributed by atoms with Crippen LogP contribution in [0.1, 0.15) is 33.6 Å². The predicted octanol–water partition coefficient (Wildman–Crippen LogP) is 1.07. The van der Waals surface area contributed by atoms with Gasteiger partial charge < -0.3 is 5.11 Å². The Kier molecular flexibility index (Phi) is 8.73. The van der Waals surface area contributed by atoms with Gasteiger partial charge in [0.2, 0.25) is 0 Å². The first-order valence-electron chi connectivity index (χ1n) is 6.92. The molecule has 5 nitrogen and oxygen atoms in total. The van der Waals surface area contributed by atoms with Crippen molar-refractivity contribution in [1.29, 1.82) is 0 Å². The summed E-state index contributed by atoms with van der Waals surface area (Å²) in [4.78, 5) is 0. The minimum absolute atomic E-state index is 0.0186. The van der Waals surface area contributed by atoms with Crippen LogP contribution in [0, 0.1) is 0 Å². The number of hydrogen-bond acceptors (Lipinski definition) is 5. The number of hydrogen-bond donors (Lipinski definition) is 1. The van der Waals surface area contributed by atoms with Gasteiger partial charge in [-0.05, 0) is 19.8 Å². The van der Waals surface area contributed by atoms with E-state index in [4.69, 9.17) is 0 Å². The molecule has 0 fully saturated rings. The maximum Gasteiger partial charge on any atom is 0.115 e. The van der Waals surface area contributed by atoms with Crippen LogP contribution < -0.4 is 0 Å². The second-order valence-electron chi connectivity index (χ2n) is 5.17. The van der Waals surface area contributed by atoms with E-state index in [1.54, 1.807) is 0 Å². The smallest absolute Gasteiger partial charge is 0.115 e. The quantitative estimate of drug-likeness (QED) is 0.495. The number of hydrazine groups is 2. The van der Waals surface area contributed by atoms with Gasteiger partial charge >= 0.3 is 0 Å². The fourth-order valence-corrected chi connectivity index (χ4v) is 2.25. The molecule has 0 aromatic carbocycles. The molecule has 0 saturated heterocycles. The third kappa shape index (κ3) is 5.20. The summed E-state index contributed by atoms with van der Waals surface area (Å²) in [7, 11) is 8.13. The lowest BCUT2D eigenvalue weighted by molar-refractivity contribution is -0.184. The lowest BCUT2D eigenvalue weighted by Crippen LogP contribution is -2.61. The minimum Gasteiger partial charge on any atom is -0.390 e. The normalized spacial score (nSPS) is 14.5. The van der Waals surface area contributed by atoms with Crippen LogP contribution in [-0.2, 0) is 0 Å². The highest BCUT2D eigenvalue weighted by Gasteiger charge is 2.31. The summed E-state index contributed by atoms with van der Waals surface area (Å²) in [6, 6.07) is 0. The average Bonchev–Trinajstić information content (AvgIpc) is 2.26. The molecule has 0 bridgehead atoms. The Balaban J connectivity index is 5.08. The standard InChI is InChI=1S/C13H32N4O/c1-8-10-16(14(4)5)13(12(3)18)17(11-9-2)15(6)7/h12-13,18H,8-11H2,1-7H3. The molecule has 0 spiro atoms. The SMILES string of the molecule is CCCN(C(C(C)O)N(CCC)N(C)C)N(C)C. The van der Waals surface area contributed by atoms with E-state index in [1.165, 1.54) is 0 Å². The first-order valence-corrected chi connectivity index (χ1v) is 6.92. The molecule has 18 heavy (non-hydrogen) atoms. The van der Waals surface area contributed by atoms with Crippen molar-refractivity contribution in [2.75, 3.05) is 41.3 Å². The van der Waals surface area contributed by atoms with Crippen molar-refractivity contribution in [2.45, 2.75) is 45.9 Å². The van der Waals surface area contributed by atoms with E-state index >= 15 is 0 Å². The molecule has 0 aliphatic carbocycles. The summed E-state index contributed by atoms with van der Waals surface area (Å²) in [6.45, 7) is 8.07. The van der Waals surface area contributed by atoms with Gasteiger partial charge in [0.1, 0.15) is 6.17 Å². The molecular formula is C13H32N4O. The number of rotatable bonds is 9. The molecule has 1 unspecified atom stereocenters. The Morgan fingerprint density at radius 1 is 0.833 bits per heavy atom. The van der Waals surface area contributed by atoms with E-state index < -0.39 is 6.10 Å². The topological polar surface area (TPSA) is 33.2 Å². The van der Waals surface area contributed by atoms with E-state index in [2.05, 4.69) is 33.9 Å². The lowest BCUT2D eigenvalue weighted by atomic mass is 10.2. The largest absolute Gasteiger partial charge is 0.390 e.